The normalized spacial score (nSPS) is 32.0. The lowest BCUT2D eigenvalue weighted by atomic mass is 10.0. The summed E-state index contributed by atoms with van der Waals surface area (Å²) in [5, 5.41) is 47.4. The van der Waals surface area contributed by atoms with Crippen LogP contribution in [0.1, 0.15) is 6.42 Å². The number of hydrogen-bond donors (Lipinski definition) is 5. The van der Waals surface area contributed by atoms with Crippen LogP contribution in [0.4, 0.5) is 0 Å². The van der Waals surface area contributed by atoms with Crippen molar-refractivity contribution in [2.75, 3.05) is 6.61 Å². The van der Waals surface area contributed by atoms with Crippen LogP contribution in [-0.2, 0) is 53.7 Å². The van der Waals surface area contributed by atoms with Crippen molar-refractivity contribution in [1.82, 2.24) is 4.72 Å². The third kappa shape index (κ3) is 11.8. The van der Waals surface area contributed by atoms with Gasteiger partial charge in [-0.3, -0.25) is 8.37 Å². The number of aliphatic hydroxyl groups excluding tert-OH is 4. The predicted molar refractivity (Wildman–Crippen MR) is 94.5 cm³/mol. The molecule has 23 heteroatoms. The minimum atomic E-state index is -5.17. The smallest absolute Gasteiger partial charge is 0.228 e. The van der Waals surface area contributed by atoms with Crippen LogP contribution in [0.3, 0.4) is 0 Å². The van der Waals surface area contributed by atoms with Gasteiger partial charge in [0.2, 0.25) is 27.1 Å². The molecule has 0 bridgehead atoms. The lowest BCUT2D eigenvalue weighted by Crippen LogP contribution is -2.57. The highest BCUT2D eigenvalue weighted by Crippen LogP contribution is 2.21. The summed E-state index contributed by atoms with van der Waals surface area (Å²) in [5.41, 5.74) is 0. The number of carbonyl (C=O) groups excluding carboxylic acids is 1. The Bertz CT molecular complexity index is 1070. The van der Waals surface area contributed by atoms with Gasteiger partial charge in [-0.15, -0.1) is 0 Å². The molecule has 0 amide bonds. The number of carboxylic acids is 1. The largest absolute Gasteiger partial charge is 0.735 e. The van der Waals surface area contributed by atoms with Crippen molar-refractivity contribution < 1.29 is 87.1 Å². The van der Waals surface area contributed by atoms with Crippen LogP contribution in [0.2, 0.25) is 0 Å². The van der Waals surface area contributed by atoms with E-state index in [1.165, 1.54) is 4.72 Å². The van der Waals surface area contributed by atoms with E-state index in [0.717, 1.165) is 0 Å². The quantitative estimate of drug-likeness (QED) is 0.132. The Balaban J connectivity index is 0.000000355. The summed E-state index contributed by atoms with van der Waals surface area (Å²) in [6.45, 7) is -0.753. The summed E-state index contributed by atoms with van der Waals surface area (Å²) in [6.07, 6.45) is -10.2. The monoisotopic (exact) mass is 575 g/mol. The number of rotatable bonds is 8. The first-order chi connectivity index (χ1) is 15.7. The molecule has 0 aromatic rings. The second-order valence-corrected chi connectivity index (χ2v) is 9.73. The number of carbonyl (C=O) groups is 1. The van der Waals surface area contributed by atoms with Gasteiger partial charge in [0, 0.05) is 6.42 Å². The van der Waals surface area contributed by atoms with Crippen LogP contribution in [0.5, 0.6) is 0 Å². The van der Waals surface area contributed by atoms with Crippen molar-refractivity contribution in [3.63, 3.8) is 0 Å². The molecule has 4 unspecified atom stereocenters. The van der Waals surface area contributed by atoms with Gasteiger partial charge < -0.3 is 53.5 Å². The van der Waals surface area contributed by atoms with Crippen molar-refractivity contribution in [3.8, 4) is 0 Å². The first kappa shape index (κ1) is 31.4. The summed E-state index contributed by atoms with van der Waals surface area (Å²) < 4.78 is 111. The minimum absolute atomic E-state index is 0.347. The average Bonchev–Trinajstić information content (AvgIpc) is 2.64. The molecule has 0 saturated carbocycles. The highest BCUT2D eigenvalue weighted by atomic mass is 32.3. The maximum atomic E-state index is 10.4. The van der Waals surface area contributed by atoms with E-state index in [2.05, 4.69) is 13.1 Å². The van der Waals surface area contributed by atoms with E-state index < -0.39 is 92.5 Å². The zero-order valence-corrected chi connectivity index (χ0v) is 19.1. The van der Waals surface area contributed by atoms with Gasteiger partial charge in [0.05, 0.1) is 24.9 Å². The number of aliphatic carboxylic acids is 1. The first-order valence-electron chi connectivity index (χ1n) is 8.63. The van der Waals surface area contributed by atoms with Crippen molar-refractivity contribution >= 4 is 37.1 Å². The Morgan fingerprint density at radius 3 is 2.00 bits per heavy atom. The molecule has 0 aromatic heterocycles. The fourth-order valence-electron chi connectivity index (χ4n) is 2.53. The van der Waals surface area contributed by atoms with Crippen LogP contribution in [0.15, 0.2) is 11.8 Å². The standard InChI is InChI=1S/C6H13NO10S2.C6H8O9S/c8-4-1-3(2-16-19(13,14)15)17-6(9)5(4)7-18(10,11)12;7-2-1-3(5(8)9)14-6(10)4(2)15-16(11,12)13/h3-9H,1-2H2,(H,10,11,12)(H,13,14,15);1-2,4,6-7,10H,(H,8,9)(H,11,12,13)/p-4/t3?,4-,5?,6+;2-,4?,6?/m11/s1. The van der Waals surface area contributed by atoms with Gasteiger partial charge in [0.15, 0.2) is 22.7 Å². The Labute approximate surface area is 197 Å². The lowest BCUT2D eigenvalue weighted by Gasteiger charge is -2.37. The Hall–Kier alpha value is -1.58. The van der Waals surface area contributed by atoms with Gasteiger partial charge in [0.1, 0.15) is 17.8 Å². The number of nitrogens with one attached hydrogen (secondary N) is 1. The molecule has 20 nitrogen and oxygen atoms in total. The van der Waals surface area contributed by atoms with Crippen LogP contribution >= 0.6 is 0 Å². The third-order valence-corrected chi connectivity index (χ3v) is 5.30. The second-order valence-electron chi connectivity index (χ2n) is 6.53. The van der Waals surface area contributed by atoms with Crippen LogP contribution in [0.25, 0.3) is 0 Å². The number of aliphatic hydroxyl groups is 4. The van der Waals surface area contributed by atoms with E-state index in [0.29, 0.717) is 6.08 Å². The lowest BCUT2D eigenvalue weighted by molar-refractivity contribution is -0.307. The summed E-state index contributed by atoms with van der Waals surface area (Å²) in [7, 11) is -15.0. The average molecular weight is 575 g/mol. The first-order valence-corrected chi connectivity index (χ1v) is 12.7. The molecule has 2 rings (SSSR count). The molecule has 1 fully saturated rings. The molecule has 2 heterocycles. The maximum Gasteiger partial charge on any atom is 0.228 e. The van der Waals surface area contributed by atoms with Crippen LogP contribution in [0, 0.1) is 0 Å². The molecule has 2 aliphatic rings. The fourth-order valence-corrected chi connectivity index (χ4v) is 3.93. The fraction of sp³-hybridized carbons (Fsp3) is 0.750. The van der Waals surface area contributed by atoms with Gasteiger partial charge >= 0.3 is 0 Å². The number of ether oxygens (including phenoxy) is 2. The summed E-state index contributed by atoms with van der Waals surface area (Å²) in [4.78, 5) is 10.3. The highest BCUT2D eigenvalue weighted by molar-refractivity contribution is 7.83. The molecule has 0 radical (unpaired) electrons. The molecule has 0 spiro atoms. The molecular formula is C12H17NO19S3-4. The third-order valence-electron chi connectivity index (χ3n) is 3.85. The van der Waals surface area contributed by atoms with Crippen LogP contribution in [-0.4, -0.2) is 115 Å². The van der Waals surface area contributed by atoms with E-state index in [9.17, 15) is 64.1 Å². The van der Waals surface area contributed by atoms with Gasteiger partial charge in [0.25, 0.3) is 0 Å². The summed E-state index contributed by atoms with van der Waals surface area (Å²) >= 11 is 0. The molecule has 35 heavy (non-hydrogen) atoms. The van der Waals surface area contributed by atoms with Crippen molar-refractivity contribution in [1.29, 1.82) is 0 Å². The second kappa shape index (κ2) is 12.1. The van der Waals surface area contributed by atoms with E-state index in [4.69, 9.17) is 9.84 Å². The van der Waals surface area contributed by atoms with Crippen molar-refractivity contribution in [3.05, 3.63) is 11.8 Å². The van der Waals surface area contributed by atoms with E-state index in [-0.39, 0.29) is 6.42 Å². The van der Waals surface area contributed by atoms with Crippen LogP contribution < -0.4 is 9.83 Å². The molecular weight excluding hydrogens is 558 g/mol. The van der Waals surface area contributed by atoms with E-state index in [1.54, 1.807) is 0 Å². The minimum Gasteiger partial charge on any atom is -0.735 e. The Morgan fingerprint density at radius 2 is 1.60 bits per heavy atom. The zero-order valence-electron chi connectivity index (χ0n) is 16.7. The molecule has 206 valence electrons. The molecule has 7 atom stereocenters. The van der Waals surface area contributed by atoms with Gasteiger partial charge in [-0.2, -0.15) is 0 Å². The van der Waals surface area contributed by atoms with Gasteiger partial charge in [-0.05, 0) is 6.08 Å². The predicted octanol–water partition coefficient (Wildman–Crippen LogP) is -7.48. The SMILES string of the molecule is O=C([O-])C1=C[C@@H](O)C(OS(=O)(=O)[O-])C(O)O1.O=S(=O)([O-])NC1[C@H](O)CC(COS(=O)(=O)[O-])O[C@@H]1O. The topological polar surface area (TPSA) is 342 Å². The molecule has 1 saturated heterocycles. The summed E-state index contributed by atoms with van der Waals surface area (Å²) in [5.74, 6) is -2.70. The molecule has 2 aliphatic heterocycles. The molecule has 0 aliphatic carbocycles. The maximum absolute atomic E-state index is 10.4. The number of carboxylic acid groups (broad SMARTS) is 1. The zero-order chi connectivity index (χ0) is 27.4. The van der Waals surface area contributed by atoms with Gasteiger partial charge in [-0.25, -0.2) is 30.0 Å². The Morgan fingerprint density at radius 1 is 1.03 bits per heavy atom. The van der Waals surface area contributed by atoms with Crippen molar-refractivity contribution in [2.45, 2.75) is 49.5 Å². The van der Waals surface area contributed by atoms with E-state index >= 15 is 0 Å². The molecule has 5 N–H and O–H groups in total. The summed E-state index contributed by atoms with van der Waals surface area (Å²) in [6, 6.07) is -1.59. The molecule has 0 aromatic carbocycles. The Kier molecular flexibility index (Phi) is 10.9. The van der Waals surface area contributed by atoms with Gasteiger partial charge in [-0.1, -0.05) is 0 Å². The highest BCUT2D eigenvalue weighted by Gasteiger charge is 2.38. The number of hydrogen-bond acceptors (Lipinski definition) is 19. The van der Waals surface area contributed by atoms with Crippen molar-refractivity contribution in [2.24, 2.45) is 0 Å². The van der Waals surface area contributed by atoms with E-state index in [1.807, 2.05) is 0 Å².